The van der Waals surface area contributed by atoms with Crippen LogP contribution in [0.4, 0.5) is 10.5 Å². The van der Waals surface area contributed by atoms with E-state index in [4.69, 9.17) is 4.74 Å². The summed E-state index contributed by atoms with van der Waals surface area (Å²) in [5.41, 5.74) is 1.41. The van der Waals surface area contributed by atoms with Gasteiger partial charge in [0.25, 0.3) is 0 Å². The molecule has 0 spiro atoms. The minimum atomic E-state index is -0.306. The van der Waals surface area contributed by atoms with Crippen LogP contribution < -0.4 is 15.4 Å². The Morgan fingerprint density at radius 1 is 1.16 bits per heavy atom. The third-order valence-electron chi connectivity index (χ3n) is 3.90. The smallest absolute Gasteiger partial charge is 0.319 e. The third-order valence-corrected chi connectivity index (χ3v) is 3.90. The standard InChI is InChI=1S/C18H21N5O2/c1-12(2)16(17-22-21-15-9-4-5-10-23(15)17)20-18(24)19-13-7-6-8-14(11-13)25-3/h4-12,16H,1-3H3,(H2,19,20,24)/t16-/m1/s1. The molecule has 2 aromatic heterocycles. The van der Waals surface area contributed by atoms with Crippen molar-refractivity contribution in [1.29, 1.82) is 0 Å². The van der Waals surface area contributed by atoms with E-state index in [0.29, 0.717) is 17.3 Å². The summed E-state index contributed by atoms with van der Waals surface area (Å²) in [5.74, 6) is 1.52. The molecule has 0 saturated carbocycles. The maximum Gasteiger partial charge on any atom is 0.319 e. The number of hydrogen-bond acceptors (Lipinski definition) is 4. The lowest BCUT2D eigenvalue weighted by Gasteiger charge is -2.21. The number of anilines is 1. The SMILES string of the molecule is COc1cccc(NC(=O)N[C@@H](c2nnc3ccccn23)C(C)C)c1. The van der Waals surface area contributed by atoms with Gasteiger partial charge in [-0.25, -0.2) is 4.79 Å². The Hall–Kier alpha value is -3.09. The summed E-state index contributed by atoms with van der Waals surface area (Å²) in [6, 6.07) is 12.3. The van der Waals surface area contributed by atoms with E-state index in [1.54, 1.807) is 19.2 Å². The van der Waals surface area contributed by atoms with Gasteiger partial charge < -0.3 is 15.4 Å². The highest BCUT2D eigenvalue weighted by Gasteiger charge is 2.23. The number of carbonyl (C=O) groups is 1. The fourth-order valence-corrected chi connectivity index (χ4v) is 2.61. The van der Waals surface area contributed by atoms with Gasteiger partial charge >= 0.3 is 6.03 Å². The minimum absolute atomic E-state index is 0.142. The number of ether oxygens (including phenoxy) is 1. The zero-order chi connectivity index (χ0) is 17.8. The van der Waals surface area contributed by atoms with Crippen molar-refractivity contribution in [1.82, 2.24) is 19.9 Å². The monoisotopic (exact) mass is 339 g/mol. The van der Waals surface area contributed by atoms with Crippen LogP contribution in [0.3, 0.4) is 0 Å². The van der Waals surface area contributed by atoms with E-state index in [1.165, 1.54) is 0 Å². The van der Waals surface area contributed by atoms with Gasteiger partial charge in [-0.05, 0) is 30.2 Å². The van der Waals surface area contributed by atoms with E-state index in [2.05, 4.69) is 20.8 Å². The lowest BCUT2D eigenvalue weighted by molar-refractivity contribution is 0.243. The van der Waals surface area contributed by atoms with E-state index in [-0.39, 0.29) is 18.0 Å². The highest BCUT2D eigenvalue weighted by molar-refractivity contribution is 5.89. The number of methoxy groups -OCH3 is 1. The Morgan fingerprint density at radius 3 is 2.76 bits per heavy atom. The summed E-state index contributed by atoms with van der Waals surface area (Å²) >= 11 is 0. The van der Waals surface area contributed by atoms with Crippen LogP contribution in [0.1, 0.15) is 25.7 Å². The second-order valence-corrected chi connectivity index (χ2v) is 6.04. The van der Waals surface area contributed by atoms with Crippen LogP contribution in [0.5, 0.6) is 5.75 Å². The van der Waals surface area contributed by atoms with E-state index >= 15 is 0 Å². The number of nitrogens with zero attached hydrogens (tertiary/aromatic N) is 3. The van der Waals surface area contributed by atoms with Crippen LogP contribution in [-0.2, 0) is 0 Å². The summed E-state index contributed by atoms with van der Waals surface area (Å²) in [6.45, 7) is 4.06. The van der Waals surface area contributed by atoms with Crippen molar-refractivity contribution in [2.24, 2.45) is 5.92 Å². The second kappa shape index (κ2) is 7.21. The highest BCUT2D eigenvalue weighted by atomic mass is 16.5. The molecule has 0 aliphatic heterocycles. The number of carbonyl (C=O) groups excluding carboxylic acids is 1. The number of amides is 2. The number of nitrogens with one attached hydrogen (secondary N) is 2. The van der Waals surface area contributed by atoms with Crippen LogP contribution in [0.25, 0.3) is 5.65 Å². The Kier molecular flexibility index (Phi) is 4.83. The van der Waals surface area contributed by atoms with Crippen LogP contribution in [0.15, 0.2) is 48.7 Å². The van der Waals surface area contributed by atoms with Crippen molar-refractivity contribution >= 4 is 17.4 Å². The van der Waals surface area contributed by atoms with Crippen molar-refractivity contribution in [2.45, 2.75) is 19.9 Å². The van der Waals surface area contributed by atoms with Gasteiger partial charge in [0, 0.05) is 18.0 Å². The fourth-order valence-electron chi connectivity index (χ4n) is 2.61. The zero-order valence-electron chi connectivity index (χ0n) is 14.4. The molecule has 1 atom stereocenters. The van der Waals surface area contributed by atoms with Gasteiger partial charge in [-0.2, -0.15) is 0 Å². The Bertz CT molecular complexity index is 875. The van der Waals surface area contributed by atoms with Crippen molar-refractivity contribution in [3.05, 3.63) is 54.5 Å². The molecule has 0 saturated heterocycles. The normalized spacial score (nSPS) is 12.2. The van der Waals surface area contributed by atoms with E-state index in [1.807, 2.05) is 54.8 Å². The molecule has 0 aliphatic carbocycles. The molecular weight excluding hydrogens is 318 g/mol. The molecule has 1 aromatic carbocycles. The van der Waals surface area contributed by atoms with Gasteiger partial charge in [0.2, 0.25) is 0 Å². The molecule has 0 aliphatic rings. The van der Waals surface area contributed by atoms with Crippen molar-refractivity contribution in [3.8, 4) is 5.75 Å². The quantitative estimate of drug-likeness (QED) is 0.748. The molecule has 25 heavy (non-hydrogen) atoms. The van der Waals surface area contributed by atoms with Crippen LogP contribution in [-0.4, -0.2) is 27.7 Å². The number of fused-ring (bicyclic) bond motifs is 1. The molecule has 2 amide bonds. The predicted molar refractivity (Wildman–Crippen MR) is 95.7 cm³/mol. The number of hydrogen-bond donors (Lipinski definition) is 2. The number of rotatable bonds is 5. The van der Waals surface area contributed by atoms with Gasteiger partial charge in [0.1, 0.15) is 5.75 Å². The van der Waals surface area contributed by atoms with E-state index < -0.39 is 0 Å². The predicted octanol–water partition coefficient (Wildman–Crippen LogP) is 3.26. The Balaban J connectivity index is 1.78. The Morgan fingerprint density at radius 2 is 2.00 bits per heavy atom. The number of benzene rings is 1. The van der Waals surface area contributed by atoms with Crippen LogP contribution >= 0.6 is 0 Å². The average Bonchev–Trinajstić information content (AvgIpc) is 3.03. The highest BCUT2D eigenvalue weighted by Crippen LogP contribution is 2.21. The number of pyridine rings is 1. The third kappa shape index (κ3) is 3.71. The molecule has 0 fully saturated rings. The van der Waals surface area contributed by atoms with E-state index in [0.717, 1.165) is 5.65 Å². The summed E-state index contributed by atoms with van der Waals surface area (Å²) in [6.07, 6.45) is 1.89. The van der Waals surface area contributed by atoms with Gasteiger partial charge in [0.15, 0.2) is 11.5 Å². The van der Waals surface area contributed by atoms with E-state index in [9.17, 15) is 4.79 Å². The van der Waals surface area contributed by atoms with Crippen LogP contribution in [0.2, 0.25) is 0 Å². The van der Waals surface area contributed by atoms with Crippen molar-refractivity contribution in [2.75, 3.05) is 12.4 Å². The molecule has 3 aromatic rings. The van der Waals surface area contributed by atoms with Crippen LogP contribution in [0, 0.1) is 5.92 Å². The first-order valence-corrected chi connectivity index (χ1v) is 8.09. The molecule has 0 unspecified atom stereocenters. The molecule has 130 valence electrons. The first-order chi connectivity index (χ1) is 12.1. The summed E-state index contributed by atoms with van der Waals surface area (Å²) in [4.78, 5) is 12.4. The number of urea groups is 1. The lowest BCUT2D eigenvalue weighted by atomic mass is 10.0. The summed E-state index contributed by atoms with van der Waals surface area (Å²) in [5, 5.41) is 14.2. The van der Waals surface area contributed by atoms with Gasteiger partial charge in [-0.15, -0.1) is 10.2 Å². The second-order valence-electron chi connectivity index (χ2n) is 6.04. The Labute approximate surface area is 146 Å². The number of aromatic nitrogens is 3. The molecule has 2 N–H and O–H groups in total. The molecule has 3 rings (SSSR count). The first kappa shape index (κ1) is 16.8. The van der Waals surface area contributed by atoms with Gasteiger partial charge in [-0.3, -0.25) is 4.40 Å². The largest absolute Gasteiger partial charge is 0.497 e. The molecule has 2 heterocycles. The summed E-state index contributed by atoms with van der Waals surface area (Å²) in [7, 11) is 1.59. The maximum atomic E-state index is 12.4. The minimum Gasteiger partial charge on any atom is -0.497 e. The lowest BCUT2D eigenvalue weighted by Crippen LogP contribution is -2.36. The first-order valence-electron chi connectivity index (χ1n) is 8.09. The zero-order valence-corrected chi connectivity index (χ0v) is 14.4. The molecule has 7 nitrogen and oxygen atoms in total. The van der Waals surface area contributed by atoms with Crippen molar-refractivity contribution < 1.29 is 9.53 Å². The molecule has 0 bridgehead atoms. The van der Waals surface area contributed by atoms with Crippen molar-refractivity contribution in [3.63, 3.8) is 0 Å². The van der Waals surface area contributed by atoms with Gasteiger partial charge in [0.05, 0.1) is 13.2 Å². The average molecular weight is 339 g/mol. The summed E-state index contributed by atoms with van der Waals surface area (Å²) < 4.78 is 7.05. The maximum absolute atomic E-state index is 12.4. The van der Waals surface area contributed by atoms with Gasteiger partial charge in [-0.1, -0.05) is 26.0 Å². The topological polar surface area (TPSA) is 80.5 Å². The molecule has 7 heteroatoms. The fraction of sp³-hybridized carbons (Fsp3) is 0.278. The molecule has 0 radical (unpaired) electrons. The molecular formula is C18H21N5O2.